The number of pyridine rings is 1. The maximum atomic E-state index is 13.2. The Labute approximate surface area is 185 Å². The number of carbonyl (C=O) groups excluding carboxylic acids is 2. The molecule has 6 nitrogen and oxygen atoms in total. The first-order valence-electron chi connectivity index (χ1n) is 9.92. The van der Waals surface area contributed by atoms with E-state index >= 15 is 0 Å². The van der Waals surface area contributed by atoms with Gasteiger partial charge in [-0.2, -0.15) is 0 Å². The average molecular weight is 434 g/mol. The zero-order valence-electron chi connectivity index (χ0n) is 17.3. The van der Waals surface area contributed by atoms with Crippen LogP contribution in [0.25, 0.3) is 5.76 Å². The third-order valence-electron chi connectivity index (χ3n) is 5.47. The van der Waals surface area contributed by atoms with E-state index in [1.807, 2.05) is 42.6 Å². The number of nitrogens with zero attached hydrogens (tertiary/aromatic N) is 3. The predicted octanol–water partition coefficient (Wildman–Crippen LogP) is 3.87. The number of amides is 1. The van der Waals surface area contributed by atoms with E-state index in [4.69, 9.17) is 0 Å². The monoisotopic (exact) mass is 433 g/mol. The summed E-state index contributed by atoms with van der Waals surface area (Å²) < 4.78 is 0. The molecule has 1 amide bonds. The normalized spacial score (nSPS) is 19.2. The lowest BCUT2D eigenvalue weighted by Gasteiger charge is -2.32. The standard InChI is InChI=1S/C24H23N3O3S/c1-26(2)18(19-9-6-14-31-19)15-27-21(16-10-12-25-13-11-16)20(23(29)24(27)30)22(28)17-7-4-3-5-8-17/h3-14,18,21,28H,15H2,1-2H3. The number of hydrogen-bond donors (Lipinski definition) is 1. The molecule has 2 aromatic heterocycles. The van der Waals surface area contributed by atoms with Crippen LogP contribution in [0.4, 0.5) is 0 Å². The van der Waals surface area contributed by atoms with Gasteiger partial charge in [0.05, 0.1) is 17.7 Å². The Morgan fingerprint density at radius 3 is 2.42 bits per heavy atom. The molecule has 3 heterocycles. The molecule has 0 saturated carbocycles. The van der Waals surface area contributed by atoms with Crippen LogP contribution >= 0.6 is 11.3 Å². The van der Waals surface area contributed by atoms with Crippen molar-refractivity contribution >= 4 is 28.8 Å². The first kappa shape index (κ1) is 21.0. The van der Waals surface area contributed by atoms with Crippen LogP contribution in [-0.2, 0) is 9.59 Å². The average Bonchev–Trinajstić information content (AvgIpc) is 3.40. The molecule has 3 aromatic rings. The number of aromatic nitrogens is 1. The second kappa shape index (κ2) is 8.83. The maximum Gasteiger partial charge on any atom is 0.295 e. The van der Waals surface area contributed by atoms with Gasteiger partial charge in [-0.05, 0) is 43.2 Å². The number of likely N-dealkylation sites (N-methyl/N-ethyl adjacent to an activating group) is 1. The van der Waals surface area contributed by atoms with Gasteiger partial charge < -0.3 is 14.9 Å². The summed E-state index contributed by atoms with van der Waals surface area (Å²) in [5, 5.41) is 13.0. The number of likely N-dealkylation sites (tertiary alicyclic amines) is 1. The summed E-state index contributed by atoms with van der Waals surface area (Å²) in [4.78, 5) is 35.0. The van der Waals surface area contributed by atoms with E-state index in [0.717, 1.165) is 10.4 Å². The lowest BCUT2D eigenvalue weighted by atomic mass is 9.96. The Morgan fingerprint density at radius 1 is 1.10 bits per heavy atom. The number of rotatable bonds is 6. The molecule has 4 rings (SSSR count). The van der Waals surface area contributed by atoms with Gasteiger partial charge in [0.15, 0.2) is 0 Å². The molecule has 2 atom stereocenters. The van der Waals surface area contributed by atoms with Gasteiger partial charge in [0.2, 0.25) is 0 Å². The summed E-state index contributed by atoms with van der Waals surface area (Å²) in [5.41, 5.74) is 1.34. The zero-order valence-corrected chi connectivity index (χ0v) is 18.1. The summed E-state index contributed by atoms with van der Waals surface area (Å²) in [6.07, 6.45) is 3.25. The van der Waals surface area contributed by atoms with E-state index < -0.39 is 17.7 Å². The highest BCUT2D eigenvalue weighted by Gasteiger charge is 2.47. The fourth-order valence-corrected chi connectivity index (χ4v) is 4.80. The lowest BCUT2D eigenvalue weighted by Crippen LogP contribution is -2.37. The molecule has 31 heavy (non-hydrogen) atoms. The number of benzene rings is 1. The third kappa shape index (κ3) is 4.02. The van der Waals surface area contributed by atoms with Gasteiger partial charge in [0, 0.05) is 29.4 Å². The van der Waals surface area contributed by atoms with Gasteiger partial charge in [-0.1, -0.05) is 36.4 Å². The quantitative estimate of drug-likeness (QED) is 0.363. The van der Waals surface area contributed by atoms with Crippen molar-refractivity contribution in [2.24, 2.45) is 0 Å². The van der Waals surface area contributed by atoms with Gasteiger partial charge >= 0.3 is 0 Å². The molecule has 1 aliphatic rings. The largest absolute Gasteiger partial charge is 0.507 e. The van der Waals surface area contributed by atoms with Crippen LogP contribution < -0.4 is 0 Å². The van der Waals surface area contributed by atoms with E-state index in [-0.39, 0.29) is 17.4 Å². The second-order valence-electron chi connectivity index (χ2n) is 7.59. The van der Waals surface area contributed by atoms with E-state index in [2.05, 4.69) is 4.98 Å². The van der Waals surface area contributed by atoms with E-state index in [0.29, 0.717) is 12.1 Å². The van der Waals surface area contributed by atoms with Crippen LogP contribution in [0.3, 0.4) is 0 Å². The molecular weight excluding hydrogens is 410 g/mol. The van der Waals surface area contributed by atoms with Crippen molar-refractivity contribution in [3.8, 4) is 0 Å². The minimum Gasteiger partial charge on any atom is -0.507 e. The molecule has 0 bridgehead atoms. The highest BCUT2D eigenvalue weighted by atomic mass is 32.1. The molecule has 0 spiro atoms. The van der Waals surface area contributed by atoms with Crippen molar-refractivity contribution in [2.45, 2.75) is 12.1 Å². The van der Waals surface area contributed by atoms with Gasteiger partial charge in [0.25, 0.3) is 11.7 Å². The number of aliphatic hydroxyl groups excluding tert-OH is 1. The van der Waals surface area contributed by atoms with Crippen LogP contribution in [0.15, 0.2) is 77.9 Å². The molecule has 1 aliphatic heterocycles. The fourth-order valence-electron chi connectivity index (χ4n) is 3.89. The van der Waals surface area contributed by atoms with Gasteiger partial charge in [0.1, 0.15) is 5.76 Å². The topological polar surface area (TPSA) is 73.7 Å². The number of Topliss-reactive ketones (excluding diaryl/α,β-unsaturated/α-hetero) is 1. The highest BCUT2D eigenvalue weighted by molar-refractivity contribution is 7.10. The summed E-state index contributed by atoms with van der Waals surface area (Å²) in [6, 6.07) is 15.6. The molecule has 1 saturated heterocycles. The smallest absolute Gasteiger partial charge is 0.295 e. The minimum atomic E-state index is -0.689. The van der Waals surface area contributed by atoms with E-state index in [9.17, 15) is 14.7 Å². The number of carbonyl (C=O) groups is 2. The predicted molar refractivity (Wildman–Crippen MR) is 120 cm³/mol. The lowest BCUT2D eigenvalue weighted by molar-refractivity contribution is -0.140. The Bertz CT molecular complexity index is 1100. The molecular formula is C24H23N3O3S. The van der Waals surface area contributed by atoms with Crippen molar-refractivity contribution in [3.05, 3.63) is 93.9 Å². The zero-order chi connectivity index (χ0) is 22.0. The highest BCUT2D eigenvalue weighted by Crippen LogP contribution is 2.40. The van der Waals surface area contributed by atoms with Crippen molar-refractivity contribution in [1.82, 2.24) is 14.8 Å². The van der Waals surface area contributed by atoms with Crippen molar-refractivity contribution in [1.29, 1.82) is 0 Å². The first-order chi connectivity index (χ1) is 15.0. The van der Waals surface area contributed by atoms with Gasteiger partial charge in [-0.3, -0.25) is 14.6 Å². The molecule has 2 unspecified atom stereocenters. The van der Waals surface area contributed by atoms with E-state index in [1.165, 1.54) is 0 Å². The van der Waals surface area contributed by atoms with Crippen molar-refractivity contribution in [2.75, 3.05) is 20.6 Å². The van der Waals surface area contributed by atoms with Crippen LogP contribution in [0.1, 0.15) is 28.1 Å². The molecule has 0 radical (unpaired) electrons. The maximum absolute atomic E-state index is 13.2. The SMILES string of the molecule is CN(C)C(CN1C(=O)C(=O)C(=C(O)c2ccccc2)C1c1ccncc1)c1cccs1. The molecule has 1 fully saturated rings. The number of thiophene rings is 1. The Balaban J connectivity index is 1.83. The molecule has 158 valence electrons. The van der Waals surface area contributed by atoms with Crippen molar-refractivity contribution in [3.63, 3.8) is 0 Å². The molecule has 1 N–H and O–H groups in total. The van der Waals surface area contributed by atoms with Crippen LogP contribution in [0.5, 0.6) is 0 Å². The molecule has 1 aromatic carbocycles. The van der Waals surface area contributed by atoms with Crippen molar-refractivity contribution < 1.29 is 14.7 Å². The summed E-state index contributed by atoms with van der Waals surface area (Å²) in [7, 11) is 3.90. The van der Waals surface area contributed by atoms with Crippen LogP contribution in [0.2, 0.25) is 0 Å². The minimum absolute atomic E-state index is 0.0840. The molecule has 0 aliphatic carbocycles. The number of hydrogen-bond acceptors (Lipinski definition) is 6. The fraction of sp³-hybridized carbons (Fsp3) is 0.208. The summed E-state index contributed by atoms with van der Waals surface area (Å²) >= 11 is 1.61. The Morgan fingerprint density at radius 2 is 1.81 bits per heavy atom. The summed E-state index contributed by atoms with van der Waals surface area (Å²) in [6.45, 7) is 0.316. The van der Waals surface area contributed by atoms with E-state index in [1.54, 1.807) is 65.0 Å². The Hall–Kier alpha value is -3.29. The second-order valence-corrected chi connectivity index (χ2v) is 8.57. The number of ketones is 1. The Kier molecular flexibility index (Phi) is 5.97. The third-order valence-corrected chi connectivity index (χ3v) is 6.45. The molecule has 7 heteroatoms. The van der Waals surface area contributed by atoms with Gasteiger partial charge in [-0.15, -0.1) is 11.3 Å². The van der Waals surface area contributed by atoms with Gasteiger partial charge in [-0.25, -0.2) is 0 Å². The number of aliphatic hydroxyl groups is 1. The summed E-state index contributed by atoms with van der Waals surface area (Å²) in [5.74, 6) is -1.45. The first-order valence-corrected chi connectivity index (χ1v) is 10.8. The van der Waals surface area contributed by atoms with Crippen LogP contribution in [-0.4, -0.2) is 52.2 Å². The van der Waals surface area contributed by atoms with Crippen LogP contribution in [0, 0.1) is 0 Å².